The van der Waals surface area contributed by atoms with E-state index < -0.39 is 0 Å². The smallest absolute Gasteiger partial charge is 0.0441 e. The molecule has 104 valence electrons. The molecular weight excluding hydrogens is 268 g/mol. The standard InChI is InChI=1S/C17H19ClN2/c1-11-6-7-13(16(18)8-11)10-17(20-19)15-9-12-4-2-3-5-14(12)15/h2-8,15,17,20H,9-10,19H2,1H3. The minimum atomic E-state index is 0.227. The molecule has 2 aromatic carbocycles. The van der Waals surface area contributed by atoms with E-state index in [0.717, 1.165) is 23.4 Å². The highest BCUT2D eigenvalue weighted by Crippen LogP contribution is 2.38. The Bertz CT molecular complexity index is 624. The molecule has 1 aliphatic carbocycles. The summed E-state index contributed by atoms with van der Waals surface area (Å²) in [5, 5.41) is 0.831. The summed E-state index contributed by atoms with van der Waals surface area (Å²) >= 11 is 6.33. The molecule has 3 N–H and O–H groups in total. The van der Waals surface area contributed by atoms with Crippen LogP contribution in [0.25, 0.3) is 0 Å². The fourth-order valence-corrected chi connectivity index (χ4v) is 3.34. The van der Waals surface area contributed by atoms with Crippen LogP contribution in [-0.4, -0.2) is 6.04 Å². The number of hydrogen-bond acceptors (Lipinski definition) is 2. The molecule has 0 bridgehead atoms. The minimum absolute atomic E-state index is 0.227. The van der Waals surface area contributed by atoms with Crippen molar-refractivity contribution < 1.29 is 0 Å². The molecule has 0 aromatic heterocycles. The van der Waals surface area contributed by atoms with Gasteiger partial charge in [-0.1, -0.05) is 48.0 Å². The quantitative estimate of drug-likeness (QED) is 0.668. The monoisotopic (exact) mass is 286 g/mol. The number of nitrogens with two attached hydrogens (primary N) is 1. The van der Waals surface area contributed by atoms with E-state index in [1.807, 2.05) is 6.07 Å². The second-order valence-electron chi connectivity index (χ2n) is 5.58. The van der Waals surface area contributed by atoms with Crippen molar-refractivity contribution in [3.63, 3.8) is 0 Å². The predicted molar refractivity (Wildman–Crippen MR) is 83.9 cm³/mol. The lowest BCUT2D eigenvalue weighted by atomic mass is 9.72. The van der Waals surface area contributed by atoms with Crippen molar-refractivity contribution in [2.45, 2.75) is 31.7 Å². The van der Waals surface area contributed by atoms with Gasteiger partial charge in [-0.15, -0.1) is 0 Å². The molecular formula is C17H19ClN2. The average Bonchev–Trinajstić information content (AvgIpc) is 2.41. The molecule has 0 heterocycles. The van der Waals surface area contributed by atoms with Gasteiger partial charge in [0.1, 0.15) is 0 Å². The van der Waals surface area contributed by atoms with Crippen LogP contribution in [0.5, 0.6) is 0 Å². The molecule has 0 amide bonds. The lowest BCUT2D eigenvalue weighted by molar-refractivity contribution is 0.404. The summed E-state index contributed by atoms with van der Waals surface area (Å²) in [6.07, 6.45) is 1.95. The van der Waals surface area contributed by atoms with Crippen molar-refractivity contribution >= 4 is 11.6 Å². The maximum Gasteiger partial charge on any atom is 0.0441 e. The molecule has 2 atom stereocenters. The van der Waals surface area contributed by atoms with Gasteiger partial charge in [0.25, 0.3) is 0 Å². The van der Waals surface area contributed by atoms with Crippen molar-refractivity contribution in [1.29, 1.82) is 0 Å². The first-order chi connectivity index (χ1) is 9.69. The SMILES string of the molecule is Cc1ccc(CC(NN)C2Cc3ccccc32)c(Cl)c1. The van der Waals surface area contributed by atoms with Crippen molar-refractivity contribution in [2.24, 2.45) is 5.84 Å². The highest BCUT2D eigenvalue weighted by molar-refractivity contribution is 6.31. The number of nitrogens with one attached hydrogen (secondary N) is 1. The van der Waals surface area contributed by atoms with E-state index in [2.05, 4.69) is 48.7 Å². The predicted octanol–water partition coefficient (Wildman–Crippen LogP) is 3.36. The molecule has 0 aliphatic heterocycles. The first-order valence-corrected chi connectivity index (χ1v) is 7.36. The molecule has 0 saturated heterocycles. The van der Waals surface area contributed by atoms with Crippen LogP contribution >= 0.6 is 11.6 Å². The van der Waals surface area contributed by atoms with Crippen LogP contribution in [0.2, 0.25) is 5.02 Å². The van der Waals surface area contributed by atoms with Gasteiger partial charge in [-0.2, -0.15) is 0 Å². The van der Waals surface area contributed by atoms with Crippen LogP contribution in [0.1, 0.15) is 28.2 Å². The summed E-state index contributed by atoms with van der Waals surface area (Å²) in [6, 6.07) is 15.0. The molecule has 3 heteroatoms. The summed E-state index contributed by atoms with van der Waals surface area (Å²) in [6.45, 7) is 2.05. The van der Waals surface area contributed by atoms with Crippen LogP contribution in [0.3, 0.4) is 0 Å². The number of halogens is 1. The number of rotatable bonds is 4. The van der Waals surface area contributed by atoms with Gasteiger partial charge in [0.2, 0.25) is 0 Å². The van der Waals surface area contributed by atoms with E-state index in [9.17, 15) is 0 Å². The van der Waals surface area contributed by atoms with Gasteiger partial charge in [0, 0.05) is 17.0 Å². The van der Waals surface area contributed by atoms with Crippen LogP contribution in [0, 0.1) is 6.92 Å². The second kappa shape index (κ2) is 5.57. The average molecular weight is 287 g/mol. The number of aryl methyl sites for hydroxylation is 1. The molecule has 0 spiro atoms. The fourth-order valence-electron chi connectivity index (χ4n) is 3.03. The Morgan fingerprint density at radius 1 is 1.30 bits per heavy atom. The summed E-state index contributed by atoms with van der Waals surface area (Å²) in [5.74, 6) is 6.26. The van der Waals surface area contributed by atoms with Crippen molar-refractivity contribution in [2.75, 3.05) is 0 Å². The fraction of sp³-hybridized carbons (Fsp3) is 0.294. The van der Waals surface area contributed by atoms with Gasteiger partial charge >= 0.3 is 0 Å². The molecule has 2 nitrogen and oxygen atoms in total. The molecule has 0 radical (unpaired) electrons. The molecule has 0 fully saturated rings. The first kappa shape index (κ1) is 13.6. The van der Waals surface area contributed by atoms with E-state index in [4.69, 9.17) is 17.4 Å². The van der Waals surface area contributed by atoms with Gasteiger partial charge < -0.3 is 0 Å². The minimum Gasteiger partial charge on any atom is -0.271 e. The van der Waals surface area contributed by atoms with Gasteiger partial charge in [-0.25, -0.2) is 0 Å². The summed E-state index contributed by atoms with van der Waals surface area (Å²) in [4.78, 5) is 0. The van der Waals surface area contributed by atoms with Crippen LogP contribution in [0.4, 0.5) is 0 Å². The van der Waals surface area contributed by atoms with Gasteiger partial charge in [0.15, 0.2) is 0 Å². The molecule has 0 saturated carbocycles. The Morgan fingerprint density at radius 3 is 2.80 bits per heavy atom. The van der Waals surface area contributed by atoms with Crippen LogP contribution in [-0.2, 0) is 12.8 Å². The highest BCUT2D eigenvalue weighted by Gasteiger charge is 2.32. The highest BCUT2D eigenvalue weighted by atomic mass is 35.5. The third-order valence-electron chi connectivity index (χ3n) is 4.24. The molecule has 2 unspecified atom stereocenters. The molecule has 2 aromatic rings. The first-order valence-electron chi connectivity index (χ1n) is 6.98. The topological polar surface area (TPSA) is 38.0 Å². The Labute approximate surface area is 124 Å². The molecule has 20 heavy (non-hydrogen) atoms. The van der Waals surface area contributed by atoms with E-state index in [-0.39, 0.29) is 6.04 Å². The zero-order valence-electron chi connectivity index (χ0n) is 11.6. The van der Waals surface area contributed by atoms with Crippen molar-refractivity contribution in [1.82, 2.24) is 5.43 Å². The summed E-state index contributed by atoms with van der Waals surface area (Å²) in [7, 11) is 0. The largest absolute Gasteiger partial charge is 0.271 e. The van der Waals surface area contributed by atoms with Crippen LogP contribution < -0.4 is 11.3 Å². The number of hydrogen-bond donors (Lipinski definition) is 2. The molecule has 1 aliphatic rings. The third-order valence-corrected chi connectivity index (χ3v) is 4.59. The summed E-state index contributed by atoms with van der Waals surface area (Å²) in [5.41, 5.74) is 8.17. The van der Waals surface area contributed by atoms with Gasteiger partial charge in [-0.3, -0.25) is 11.3 Å². The van der Waals surface area contributed by atoms with Crippen LogP contribution in [0.15, 0.2) is 42.5 Å². The van der Waals surface area contributed by atoms with E-state index in [1.165, 1.54) is 16.7 Å². The Kier molecular flexibility index (Phi) is 3.79. The van der Waals surface area contributed by atoms with Gasteiger partial charge in [0.05, 0.1) is 0 Å². The van der Waals surface area contributed by atoms with Crippen molar-refractivity contribution in [3.05, 3.63) is 69.7 Å². The van der Waals surface area contributed by atoms with E-state index in [0.29, 0.717) is 5.92 Å². The number of hydrazine groups is 1. The summed E-state index contributed by atoms with van der Waals surface area (Å²) < 4.78 is 0. The number of fused-ring (bicyclic) bond motifs is 1. The maximum atomic E-state index is 6.33. The Balaban J connectivity index is 1.79. The number of benzene rings is 2. The third kappa shape index (κ3) is 2.47. The molecule has 3 rings (SSSR count). The Hall–Kier alpha value is -1.35. The van der Waals surface area contributed by atoms with Gasteiger partial charge in [-0.05, 0) is 48.1 Å². The lowest BCUT2D eigenvalue weighted by Crippen LogP contribution is -2.45. The van der Waals surface area contributed by atoms with E-state index >= 15 is 0 Å². The lowest BCUT2D eigenvalue weighted by Gasteiger charge is -2.36. The normalized spacial score (nSPS) is 18.2. The zero-order chi connectivity index (χ0) is 14.1. The van der Waals surface area contributed by atoms with Crippen molar-refractivity contribution in [3.8, 4) is 0 Å². The zero-order valence-corrected chi connectivity index (χ0v) is 12.3. The second-order valence-corrected chi connectivity index (χ2v) is 5.99. The maximum absolute atomic E-state index is 6.33. The Morgan fingerprint density at radius 2 is 2.10 bits per heavy atom. The van der Waals surface area contributed by atoms with E-state index in [1.54, 1.807) is 0 Å².